The summed E-state index contributed by atoms with van der Waals surface area (Å²) in [4.78, 5) is 29.6. The van der Waals surface area contributed by atoms with Gasteiger partial charge in [0.15, 0.2) is 4.80 Å². The van der Waals surface area contributed by atoms with Gasteiger partial charge in [0.05, 0.1) is 10.6 Å². The minimum Gasteiger partial charge on any atom is -0.408 e. The first-order valence-corrected chi connectivity index (χ1v) is 7.94. The molecule has 2 aromatic rings. The summed E-state index contributed by atoms with van der Waals surface area (Å²) >= 11 is 1.33. The lowest BCUT2D eigenvalue weighted by Crippen LogP contribution is -2.24. The fourth-order valence-corrected chi connectivity index (χ4v) is 2.75. The maximum atomic E-state index is 12.2. The number of carbonyl (C=O) groups is 2. The van der Waals surface area contributed by atoms with E-state index in [9.17, 15) is 9.59 Å². The van der Waals surface area contributed by atoms with Crippen LogP contribution in [0.4, 0.5) is 5.69 Å². The molecule has 0 N–H and O–H groups in total. The highest BCUT2D eigenvalue weighted by Crippen LogP contribution is 2.22. The Balaban J connectivity index is 2.60. The summed E-state index contributed by atoms with van der Waals surface area (Å²) in [5.74, 6) is -0.249. The first-order chi connectivity index (χ1) is 10.6. The van der Waals surface area contributed by atoms with Crippen LogP contribution in [0.15, 0.2) is 35.3 Å². The first-order valence-electron chi connectivity index (χ1n) is 7.12. The maximum absolute atomic E-state index is 12.2. The fraction of sp³-hybridized carbons (Fsp3) is 0.312. The number of ether oxygens (including phenoxy) is 1. The third-order valence-corrected chi connectivity index (χ3v) is 3.91. The van der Waals surface area contributed by atoms with Crippen LogP contribution in [0.1, 0.15) is 36.4 Å². The predicted molar refractivity (Wildman–Crippen MR) is 85.6 cm³/mol. The van der Waals surface area contributed by atoms with Gasteiger partial charge in [-0.15, -0.1) is 0 Å². The number of thiazole rings is 1. The molecule has 0 saturated carbocycles. The number of benzene rings is 1. The van der Waals surface area contributed by atoms with E-state index in [-0.39, 0.29) is 24.2 Å². The highest BCUT2D eigenvalue weighted by atomic mass is 32.1. The first kappa shape index (κ1) is 16.2. The molecule has 0 aliphatic carbocycles. The number of esters is 1. The summed E-state index contributed by atoms with van der Waals surface area (Å²) in [5.41, 5.74) is 0.745. The summed E-state index contributed by atoms with van der Waals surface area (Å²) in [7, 11) is 0. The second-order valence-electron chi connectivity index (χ2n) is 4.60. The van der Waals surface area contributed by atoms with Crippen molar-refractivity contribution in [3.05, 3.63) is 40.0 Å². The number of nitrogens with zero attached hydrogens (tertiary/aromatic N) is 2. The topological polar surface area (TPSA) is 60.7 Å². The number of aromatic nitrogens is 1. The third kappa shape index (κ3) is 3.51. The molecule has 0 radical (unpaired) electrons. The number of hydrogen-bond donors (Lipinski definition) is 0. The van der Waals surface area contributed by atoms with E-state index in [2.05, 4.69) is 4.99 Å². The van der Waals surface area contributed by atoms with Gasteiger partial charge in [-0.25, -0.2) is 9.56 Å². The fourth-order valence-electron chi connectivity index (χ4n) is 1.83. The van der Waals surface area contributed by atoms with Gasteiger partial charge in [0, 0.05) is 12.8 Å². The van der Waals surface area contributed by atoms with Gasteiger partial charge in [-0.3, -0.25) is 9.59 Å². The Labute approximate surface area is 132 Å². The van der Waals surface area contributed by atoms with Gasteiger partial charge in [-0.2, -0.15) is 0 Å². The van der Waals surface area contributed by atoms with Gasteiger partial charge in [0.1, 0.15) is 0 Å². The van der Waals surface area contributed by atoms with Crippen molar-refractivity contribution in [3.63, 3.8) is 0 Å². The summed E-state index contributed by atoms with van der Waals surface area (Å²) in [6.07, 6.45) is 0.551. The van der Waals surface area contributed by atoms with Crippen LogP contribution in [0.5, 0.6) is 5.88 Å². The molecule has 1 aromatic carbocycles. The molecule has 5 nitrogen and oxygen atoms in total. The summed E-state index contributed by atoms with van der Waals surface area (Å²) in [5, 5.41) is 0. The van der Waals surface area contributed by atoms with Crippen molar-refractivity contribution in [2.45, 2.75) is 33.6 Å². The van der Waals surface area contributed by atoms with E-state index < -0.39 is 0 Å². The number of hydrogen-bond acceptors (Lipinski definition) is 5. The Morgan fingerprint density at radius 3 is 2.45 bits per heavy atom. The van der Waals surface area contributed by atoms with Gasteiger partial charge < -0.3 is 4.74 Å². The van der Waals surface area contributed by atoms with Crippen LogP contribution >= 0.6 is 11.3 Å². The van der Waals surface area contributed by atoms with Crippen LogP contribution < -0.4 is 9.54 Å². The summed E-state index contributed by atoms with van der Waals surface area (Å²) < 4.78 is 6.71. The maximum Gasteiger partial charge on any atom is 0.312 e. The molecule has 0 saturated heterocycles. The van der Waals surface area contributed by atoms with Crippen molar-refractivity contribution >= 4 is 28.9 Å². The molecule has 0 atom stereocenters. The average molecular weight is 318 g/mol. The second-order valence-corrected chi connectivity index (χ2v) is 5.79. The van der Waals surface area contributed by atoms with Gasteiger partial charge >= 0.3 is 5.97 Å². The van der Waals surface area contributed by atoms with E-state index in [1.165, 1.54) is 15.9 Å². The lowest BCUT2D eigenvalue weighted by atomic mass is 10.3. The third-order valence-electron chi connectivity index (χ3n) is 2.97. The van der Waals surface area contributed by atoms with E-state index in [1.54, 1.807) is 13.8 Å². The van der Waals surface area contributed by atoms with E-state index >= 15 is 0 Å². The predicted octanol–water partition coefficient (Wildman–Crippen LogP) is 3.46. The summed E-state index contributed by atoms with van der Waals surface area (Å²) in [6, 6.07) is 9.37. The molecule has 1 heterocycles. The van der Waals surface area contributed by atoms with Crippen molar-refractivity contribution in [2.75, 3.05) is 0 Å². The van der Waals surface area contributed by atoms with Crippen LogP contribution in [0.3, 0.4) is 0 Å². The number of para-hydroxylation sites is 1. The molecule has 2 rings (SSSR count). The Bertz CT molecular complexity index is 744. The smallest absolute Gasteiger partial charge is 0.312 e. The number of aryl methyl sites for hydroxylation is 1. The monoisotopic (exact) mass is 318 g/mol. The molecule has 6 heteroatoms. The van der Waals surface area contributed by atoms with Crippen molar-refractivity contribution in [2.24, 2.45) is 4.99 Å². The van der Waals surface area contributed by atoms with Crippen LogP contribution in [0.2, 0.25) is 0 Å². The van der Waals surface area contributed by atoms with E-state index in [4.69, 9.17) is 4.74 Å². The molecular formula is C16H18N2O3S. The van der Waals surface area contributed by atoms with E-state index in [0.717, 1.165) is 10.6 Å². The average Bonchev–Trinajstić information content (AvgIpc) is 2.83. The lowest BCUT2D eigenvalue weighted by molar-refractivity contribution is -0.134. The molecule has 22 heavy (non-hydrogen) atoms. The number of carbonyl (C=O) groups excluding carboxylic acids is 2. The van der Waals surface area contributed by atoms with Gasteiger partial charge in [-0.05, 0) is 19.1 Å². The zero-order valence-electron chi connectivity index (χ0n) is 12.8. The normalized spacial score (nSPS) is 11.5. The zero-order chi connectivity index (χ0) is 16.1. The molecule has 0 spiro atoms. The molecular weight excluding hydrogens is 300 g/mol. The van der Waals surface area contributed by atoms with Crippen molar-refractivity contribution in [3.8, 4) is 5.88 Å². The molecule has 0 aliphatic heterocycles. The Morgan fingerprint density at radius 2 is 1.86 bits per heavy atom. The molecule has 0 unspecified atom stereocenters. The largest absolute Gasteiger partial charge is 0.408 e. The molecule has 116 valence electrons. The van der Waals surface area contributed by atoms with E-state index in [1.807, 2.05) is 37.3 Å². The van der Waals surface area contributed by atoms with Gasteiger partial charge in [0.25, 0.3) is 0 Å². The Kier molecular flexibility index (Phi) is 5.27. The second kappa shape index (κ2) is 7.17. The van der Waals surface area contributed by atoms with E-state index in [0.29, 0.717) is 11.2 Å². The van der Waals surface area contributed by atoms with Crippen molar-refractivity contribution in [1.82, 2.24) is 4.57 Å². The lowest BCUT2D eigenvalue weighted by Gasteiger charge is -2.07. The van der Waals surface area contributed by atoms with Crippen LogP contribution in [0.25, 0.3) is 0 Å². The molecule has 1 aromatic heterocycles. The minimum absolute atomic E-state index is 0.155. The highest BCUT2D eigenvalue weighted by molar-refractivity contribution is 7.09. The molecule has 0 bridgehead atoms. The molecule has 0 aliphatic rings. The molecule has 0 amide bonds. The van der Waals surface area contributed by atoms with Gasteiger partial charge in [0.2, 0.25) is 11.8 Å². The quantitative estimate of drug-likeness (QED) is 0.811. The van der Waals surface area contributed by atoms with Crippen LogP contribution in [-0.2, 0) is 4.79 Å². The number of rotatable bonds is 4. The van der Waals surface area contributed by atoms with Gasteiger partial charge in [-0.1, -0.05) is 43.4 Å². The van der Waals surface area contributed by atoms with Crippen LogP contribution in [-0.4, -0.2) is 16.4 Å². The molecule has 0 fully saturated rings. The van der Waals surface area contributed by atoms with Crippen molar-refractivity contribution < 1.29 is 14.3 Å². The Morgan fingerprint density at radius 1 is 1.18 bits per heavy atom. The highest BCUT2D eigenvalue weighted by Gasteiger charge is 2.19. The zero-order valence-corrected chi connectivity index (χ0v) is 13.6. The van der Waals surface area contributed by atoms with Crippen LogP contribution in [0, 0.1) is 6.92 Å². The standard InChI is InChI=1S/C16H18N2O3S/c1-4-13(19)18-15(21-14(20)5-2)11(3)22-16(18)17-12-9-7-6-8-10-12/h6-10H,4-5H2,1-3H3. The summed E-state index contributed by atoms with van der Waals surface area (Å²) in [6.45, 7) is 5.29. The Hall–Kier alpha value is -2.21. The van der Waals surface area contributed by atoms with Crippen molar-refractivity contribution in [1.29, 1.82) is 0 Å². The SMILES string of the molecule is CCC(=O)Oc1c(C)sc(=Nc2ccccc2)n1C(=O)CC. The minimum atomic E-state index is -0.371.